The third-order valence-electron chi connectivity index (χ3n) is 3.39. The largest absolute Gasteiger partial charge is 0.496 e. The minimum Gasteiger partial charge on any atom is -0.496 e. The van der Waals surface area contributed by atoms with Crippen molar-refractivity contribution in [3.8, 4) is 17.2 Å². The van der Waals surface area contributed by atoms with E-state index in [1.54, 1.807) is 14.2 Å². The molecule has 5 heteroatoms. The van der Waals surface area contributed by atoms with Gasteiger partial charge < -0.3 is 24.3 Å². The zero-order chi connectivity index (χ0) is 14.4. The highest BCUT2D eigenvalue weighted by atomic mass is 16.5. The van der Waals surface area contributed by atoms with E-state index >= 15 is 0 Å². The number of likely N-dealkylation sites (N-methyl/N-ethyl adjacent to an activating group) is 1. The van der Waals surface area contributed by atoms with Gasteiger partial charge in [0.05, 0.1) is 26.4 Å². The molecular weight excluding hydrogens is 258 g/mol. The smallest absolute Gasteiger partial charge is 0.126 e. The van der Waals surface area contributed by atoms with E-state index in [0.717, 1.165) is 36.6 Å². The molecule has 0 bridgehead atoms. The van der Waals surface area contributed by atoms with Gasteiger partial charge in [0, 0.05) is 24.7 Å². The van der Waals surface area contributed by atoms with Crippen LogP contribution in [-0.4, -0.2) is 46.6 Å². The second kappa shape index (κ2) is 7.36. The first-order valence-corrected chi connectivity index (χ1v) is 6.91. The highest BCUT2D eigenvalue weighted by Gasteiger charge is 2.25. The Kier molecular flexibility index (Phi) is 5.49. The van der Waals surface area contributed by atoms with Gasteiger partial charge in [0.25, 0.3) is 0 Å². The van der Waals surface area contributed by atoms with E-state index in [9.17, 15) is 0 Å². The number of benzene rings is 1. The van der Waals surface area contributed by atoms with Crippen molar-refractivity contribution in [2.24, 2.45) is 0 Å². The number of methoxy groups -OCH3 is 2. The Morgan fingerprint density at radius 1 is 1.05 bits per heavy atom. The summed E-state index contributed by atoms with van der Waals surface area (Å²) in [6.45, 7) is 1.44. The third-order valence-corrected chi connectivity index (χ3v) is 3.39. The zero-order valence-electron chi connectivity index (χ0n) is 12.3. The van der Waals surface area contributed by atoms with E-state index in [1.807, 2.05) is 25.2 Å². The highest BCUT2D eigenvalue weighted by Crippen LogP contribution is 2.28. The first-order valence-electron chi connectivity index (χ1n) is 6.91. The predicted octanol–water partition coefficient (Wildman–Crippen LogP) is 1.85. The Morgan fingerprint density at radius 3 is 2.25 bits per heavy atom. The van der Waals surface area contributed by atoms with E-state index in [2.05, 4.69) is 5.32 Å². The van der Waals surface area contributed by atoms with E-state index < -0.39 is 0 Å². The molecule has 1 aliphatic heterocycles. The molecule has 0 aliphatic carbocycles. The van der Waals surface area contributed by atoms with Crippen LogP contribution >= 0.6 is 0 Å². The van der Waals surface area contributed by atoms with Gasteiger partial charge in [-0.15, -0.1) is 0 Å². The Balaban J connectivity index is 1.87. The lowest BCUT2D eigenvalue weighted by Crippen LogP contribution is -2.25. The molecule has 0 spiro atoms. The van der Waals surface area contributed by atoms with Gasteiger partial charge >= 0.3 is 0 Å². The Morgan fingerprint density at radius 2 is 1.65 bits per heavy atom. The number of hydrogen-bond acceptors (Lipinski definition) is 5. The summed E-state index contributed by atoms with van der Waals surface area (Å²) >= 11 is 0. The van der Waals surface area contributed by atoms with Gasteiger partial charge in [-0.25, -0.2) is 0 Å². The van der Waals surface area contributed by atoms with Gasteiger partial charge in [-0.05, 0) is 19.9 Å². The molecule has 1 saturated heterocycles. The third kappa shape index (κ3) is 4.02. The Bertz CT molecular complexity index is 402. The van der Waals surface area contributed by atoms with Crippen LogP contribution in [0.25, 0.3) is 0 Å². The second-order valence-corrected chi connectivity index (χ2v) is 4.87. The molecule has 0 amide bonds. The summed E-state index contributed by atoms with van der Waals surface area (Å²) in [5.41, 5.74) is 0. The van der Waals surface area contributed by atoms with Crippen LogP contribution in [0.2, 0.25) is 0 Å². The molecule has 2 unspecified atom stereocenters. The first-order chi connectivity index (χ1) is 9.75. The summed E-state index contributed by atoms with van der Waals surface area (Å²) in [4.78, 5) is 0. The fourth-order valence-corrected chi connectivity index (χ4v) is 2.33. The molecule has 2 atom stereocenters. The van der Waals surface area contributed by atoms with Crippen molar-refractivity contribution in [3.63, 3.8) is 0 Å². The number of ether oxygens (including phenoxy) is 4. The molecule has 0 radical (unpaired) electrons. The van der Waals surface area contributed by atoms with Crippen molar-refractivity contribution < 1.29 is 18.9 Å². The van der Waals surface area contributed by atoms with Crippen LogP contribution in [0.5, 0.6) is 17.2 Å². The molecule has 1 heterocycles. The average molecular weight is 281 g/mol. The van der Waals surface area contributed by atoms with Crippen LogP contribution in [0.4, 0.5) is 0 Å². The van der Waals surface area contributed by atoms with Crippen LogP contribution < -0.4 is 19.5 Å². The minimum atomic E-state index is 0.158. The fraction of sp³-hybridized carbons (Fsp3) is 0.600. The summed E-state index contributed by atoms with van der Waals surface area (Å²) in [5, 5.41) is 3.14. The minimum absolute atomic E-state index is 0.158. The summed E-state index contributed by atoms with van der Waals surface area (Å²) in [6.07, 6.45) is 2.57. The summed E-state index contributed by atoms with van der Waals surface area (Å²) in [6, 6.07) is 5.52. The van der Waals surface area contributed by atoms with Crippen LogP contribution in [0.1, 0.15) is 12.8 Å². The topological polar surface area (TPSA) is 49.0 Å². The number of rotatable bonds is 7. The average Bonchev–Trinajstić information content (AvgIpc) is 2.93. The van der Waals surface area contributed by atoms with Crippen LogP contribution in [0.15, 0.2) is 18.2 Å². The van der Waals surface area contributed by atoms with Crippen LogP contribution in [-0.2, 0) is 4.74 Å². The normalized spacial score (nSPS) is 21.8. The molecule has 2 rings (SSSR count). The van der Waals surface area contributed by atoms with Gasteiger partial charge in [-0.1, -0.05) is 0 Å². The van der Waals surface area contributed by atoms with Gasteiger partial charge in [0.2, 0.25) is 0 Å². The van der Waals surface area contributed by atoms with E-state index in [0.29, 0.717) is 12.7 Å². The summed E-state index contributed by atoms with van der Waals surface area (Å²) in [5.74, 6) is 2.18. The highest BCUT2D eigenvalue weighted by molar-refractivity contribution is 5.41. The molecule has 5 nitrogen and oxygen atoms in total. The lowest BCUT2D eigenvalue weighted by Gasteiger charge is -2.15. The number of hydrogen-bond donors (Lipinski definition) is 1. The first kappa shape index (κ1) is 14.9. The molecule has 112 valence electrons. The molecular formula is C15H23NO4. The van der Waals surface area contributed by atoms with Gasteiger partial charge in [-0.3, -0.25) is 0 Å². The van der Waals surface area contributed by atoms with Crippen molar-refractivity contribution in [1.82, 2.24) is 5.32 Å². The molecule has 1 aliphatic rings. The molecule has 0 saturated carbocycles. The summed E-state index contributed by atoms with van der Waals surface area (Å²) < 4.78 is 22.1. The summed E-state index contributed by atoms with van der Waals surface area (Å²) in [7, 11) is 5.19. The SMILES string of the molecule is CNCC1CCC(COc2cc(OC)cc(OC)c2)O1. The van der Waals surface area contributed by atoms with Crippen LogP contribution in [0.3, 0.4) is 0 Å². The monoisotopic (exact) mass is 281 g/mol. The van der Waals surface area contributed by atoms with Crippen LogP contribution in [0, 0.1) is 0 Å². The number of nitrogens with one attached hydrogen (secondary N) is 1. The maximum Gasteiger partial charge on any atom is 0.126 e. The maximum absolute atomic E-state index is 5.89. The lowest BCUT2D eigenvalue weighted by molar-refractivity contribution is 0.0193. The predicted molar refractivity (Wildman–Crippen MR) is 76.9 cm³/mol. The zero-order valence-corrected chi connectivity index (χ0v) is 12.3. The van der Waals surface area contributed by atoms with Gasteiger partial charge in [0.15, 0.2) is 0 Å². The van der Waals surface area contributed by atoms with E-state index in [4.69, 9.17) is 18.9 Å². The van der Waals surface area contributed by atoms with Crippen molar-refractivity contribution in [2.75, 3.05) is 34.4 Å². The van der Waals surface area contributed by atoms with Crippen molar-refractivity contribution in [1.29, 1.82) is 0 Å². The molecule has 0 aromatic heterocycles. The molecule has 1 N–H and O–H groups in total. The van der Waals surface area contributed by atoms with Gasteiger partial charge in [0.1, 0.15) is 23.9 Å². The van der Waals surface area contributed by atoms with Crippen molar-refractivity contribution in [2.45, 2.75) is 25.0 Å². The molecule has 20 heavy (non-hydrogen) atoms. The van der Waals surface area contributed by atoms with Crippen molar-refractivity contribution in [3.05, 3.63) is 18.2 Å². The molecule has 1 fully saturated rings. The standard InChI is InChI=1S/C15H23NO4/c1-16-9-11-4-5-12(20-11)10-19-15-7-13(17-2)6-14(8-15)18-3/h6-8,11-12,16H,4-5,9-10H2,1-3H3. The fourth-order valence-electron chi connectivity index (χ4n) is 2.33. The lowest BCUT2D eigenvalue weighted by atomic mass is 10.2. The molecule has 1 aromatic carbocycles. The second-order valence-electron chi connectivity index (χ2n) is 4.87. The Hall–Kier alpha value is -1.46. The van der Waals surface area contributed by atoms with E-state index in [-0.39, 0.29) is 6.10 Å². The maximum atomic E-state index is 5.89. The molecule has 1 aromatic rings. The quantitative estimate of drug-likeness (QED) is 0.826. The Labute approximate surface area is 120 Å². The van der Waals surface area contributed by atoms with Gasteiger partial charge in [-0.2, -0.15) is 0 Å². The van der Waals surface area contributed by atoms with Crippen molar-refractivity contribution >= 4 is 0 Å². The van der Waals surface area contributed by atoms with E-state index in [1.165, 1.54) is 0 Å².